The van der Waals surface area contributed by atoms with Gasteiger partial charge in [-0.2, -0.15) is 0 Å². The van der Waals surface area contributed by atoms with Crippen molar-refractivity contribution < 1.29 is 19.0 Å². The van der Waals surface area contributed by atoms with Crippen LogP contribution in [0.2, 0.25) is 0 Å². The molecule has 1 amide bonds. The van der Waals surface area contributed by atoms with E-state index in [-0.39, 0.29) is 5.91 Å². The zero-order valence-electron chi connectivity index (χ0n) is 17.3. The number of rotatable bonds is 9. The Balaban J connectivity index is 1.59. The van der Waals surface area contributed by atoms with Crippen LogP contribution in [-0.2, 0) is 4.79 Å². The molecule has 156 valence electrons. The molecule has 1 unspecified atom stereocenters. The van der Waals surface area contributed by atoms with Crippen LogP contribution in [0.5, 0.6) is 17.4 Å². The minimum atomic E-state index is -0.668. The number of nitrogens with one attached hydrogen (secondary N) is 1. The van der Waals surface area contributed by atoms with Crippen molar-refractivity contribution in [2.75, 3.05) is 18.5 Å². The molecule has 1 heterocycles. The summed E-state index contributed by atoms with van der Waals surface area (Å²) in [5, 5.41) is 11.0. The minimum absolute atomic E-state index is 0.245. The molecule has 0 aliphatic carbocycles. The summed E-state index contributed by atoms with van der Waals surface area (Å²) >= 11 is 0. The molecule has 0 aliphatic rings. The number of anilines is 1. The lowest BCUT2D eigenvalue weighted by molar-refractivity contribution is -0.122. The Labute approximate surface area is 176 Å². The fourth-order valence-electron chi connectivity index (χ4n) is 2.73. The minimum Gasteiger partial charge on any atom is -0.494 e. The lowest BCUT2D eigenvalue weighted by Crippen LogP contribution is -2.30. The van der Waals surface area contributed by atoms with E-state index in [2.05, 4.69) is 15.5 Å². The predicted molar refractivity (Wildman–Crippen MR) is 115 cm³/mol. The van der Waals surface area contributed by atoms with Gasteiger partial charge in [-0.3, -0.25) is 4.79 Å². The summed E-state index contributed by atoms with van der Waals surface area (Å²) in [5.74, 6) is 1.53. The highest BCUT2D eigenvalue weighted by Crippen LogP contribution is 2.22. The Bertz CT molecular complexity index is 959. The van der Waals surface area contributed by atoms with E-state index in [0.717, 1.165) is 11.3 Å². The van der Waals surface area contributed by atoms with E-state index < -0.39 is 6.10 Å². The van der Waals surface area contributed by atoms with E-state index in [9.17, 15) is 4.79 Å². The third-order valence-corrected chi connectivity index (χ3v) is 4.18. The van der Waals surface area contributed by atoms with Crippen LogP contribution in [0, 0.1) is 0 Å². The molecule has 3 rings (SSSR count). The molecule has 2 aromatic carbocycles. The van der Waals surface area contributed by atoms with Crippen molar-refractivity contribution >= 4 is 11.6 Å². The molecular formula is C23H25N3O4. The highest BCUT2D eigenvalue weighted by Gasteiger charge is 2.15. The monoisotopic (exact) mass is 407 g/mol. The number of nitrogens with zero attached hydrogens (tertiary/aromatic N) is 2. The normalized spacial score (nSPS) is 11.4. The van der Waals surface area contributed by atoms with Gasteiger partial charge in [0.1, 0.15) is 11.5 Å². The Kier molecular flexibility index (Phi) is 7.21. The van der Waals surface area contributed by atoms with Crippen LogP contribution in [0.4, 0.5) is 5.69 Å². The van der Waals surface area contributed by atoms with E-state index in [1.165, 1.54) is 0 Å². The summed E-state index contributed by atoms with van der Waals surface area (Å²) in [7, 11) is 0. The van der Waals surface area contributed by atoms with Crippen molar-refractivity contribution in [3.05, 3.63) is 60.7 Å². The van der Waals surface area contributed by atoms with E-state index in [4.69, 9.17) is 14.2 Å². The van der Waals surface area contributed by atoms with Gasteiger partial charge in [0.25, 0.3) is 5.91 Å². The fraction of sp³-hybridized carbons (Fsp3) is 0.261. The maximum absolute atomic E-state index is 12.5. The summed E-state index contributed by atoms with van der Waals surface area (Å²) in [6.07, 6.45) is -0.668. The quantitative estimate of drug-likeness (QED) is 0.568. The second-order valence-corrected chi connectivity index (χ2v) is 6.42. The molecule has 3 aromatic rings. The van der Waals surface area contributed by atoms with Crippen LogP contribution in [0.15, 0.2) is 60.7 Å². The fourth-order valence-corrected chi connectivity index (χ4v) is 2.73. The maximum Gasteiger partial charge on any atom is 0.265 e. The molecular weight excluding hydrogens is 382 g/mol. The van der Waals surface area contributed by atoms with Crippen molar-refractivity contribution in [1.82, 2.24) is 10.2 Å². The number of carbonyl (C=O) groups excluding carboxylic acids is 1. The Morgan fingerprint density at radius 1 is 0.933 bits per heavy atom. The summed E-state index contributed by atoms with van der Waals surface area (Å²) < 4.78 is 16.5. The molecule has 1 atom stereocenters. The third-order valence-electron chi connectivity index (χ3n) is 4.18. The molecule has 0 bridgehead atoms. The predicted octanol–water partition coefficient (Wildman–Crippen LogP) is 4.35. The molecule has 30 heavy (non-hydrogen) atoms. The van der Waals surface area contributed by atoms with Crippen molar-refractivity contribution in [3.63, 3.8) is 0 Å². The van der Waals surface area contributed by atoms with Gasteiger partial charge in [0.05, 0.1) is 18.9 Å². The average Bonchev–Trinajstić information content (AvgIpc) is 2.75. The second kappa shape index (κ2) is 10.2. The first kappa shape index (κ1) is 21.1. The lowest BCUT2D eigenvalue weighted by Gasteiger charge is -2.15. The summed E-state index contributed by atoms with van der Waals surface area (Å²) in [6.45, 7) is 6.62. The summed E-state index contributed by atoms with van der Waals surface area (Å²) in [4.78, 5) is 12.5. The number of hydrogen-bond donors (Lipinski definition) is 1. The van der Waals surface area contributed by atoms with Crippen molar-refractivity contribution in [2.24, 2.45) is 0 Å². The topological polar surface area (TPSA) is 82.6 Å². The van der Waals surface area contributed by atoms with Crippen LogP contribution >= 0.6 is 0 Å². The zero-order valence-corrected chi connectivity index (χ0v) is 17.3. The highest BCUT2D eigenvalue weighted by atomic mass is 16.5. The molecule has 0 fully saturated rings. The standard InChI is InChI=1S/C23H25N3O4/c1-4-28-19-7-6-8-20(15-19)30-16(3)23(27)24-18-11-9-17(10-12-18)21-13-14-22(26-25-21)29-5-2/h6-16H,4-5H2,1-3H3,(H,24,27). The van der Waals surface area contributed by atoms with E-state index in [1.54, 1.807) is 25.1 Å². The Morgan fingerprint density at radius 3 is 2.33 bits per heavy atom. The highest BCUT2D eigenvalue weighted by molar-refractivity contribution is 5.94. The average molecular weight is 407 g/mol. The second-order valence-electron chi connectivity index (χ2n) is 6.42. The Morgan fingerprint density at radius 2 is 1.67 bits per heavy atom. The molecule has 0 saturated heterocycles. The molecule has 0 spiro atoms. The van der Waals surface area contributed by atoms with Crippen LogP contribution in [-0.4, -0.2) is 35.4 Å². The van der Waals surface area contributed by atoms with E-state index >= 15 is 0 Å². The van der Waals surface area contributed by atoms with Gasteiger partial charge >= 0.3 is 0 Å². The molecule has 0 radical (unpaired) electrons. The molecule has 0 aliphatic heterocycles. The van der Waals surface area contributed by atoms with Gasteiger partial charge in [-0.25, -0.2) is 0 Å². The largest absolute Gasteiger partial charge is 0.494 e. The van der Waals surface area contributed by atoms with Gasteiger partial charge in [0.15, 0.2) is 6.10 Å². The smallest absolute Gasteiger partial charge is 0.265 e. The number of aromatic nitrogens is 2. The Hall–Kier alpha value is -3.61. The van der Waals surface area contributed by atoms with E-state index in [1.807, 2.05) is 56.3 Å². The first-order valence-corrected chi connectivity index (χ1v) is 9.86. The number of ether oxygens (including phenoxy) is 3. The maximum atomic E-state index is 12.5. The number of carbonyl (C=O) groups is 1. The first-order chi connectivity index (χ1) is 14.6. The van der Waals surface area contributed by atoms with Crippen LogP contribution in [0.25, 0.3) is 11.3 Å². The number of benzene rings is 2. The summed E-state index contributed by atoms with van der Waals surface area (Å²) in [5.41, 5.74) is 2.28. The molecule has 1 aromatic heterocycles. The number of hydrogen-bond acceptors (Lipinski definition) is 6. The van der Waals surface area contributed by atoms with Gasteiger partial charge in [0, 0.05) is 23.4 Å². The SMILES string of the molecule is CCOc1cccc(OC(C)C(=O)Nc2ccc(-c3ccc(OCC)nn3)cc2)c1. The van der Waals surface area contributed by atoms with Crippen molar-refractivity contribution in [2.45, 2.75) is 26.9 Å². The van der Waals surface area contributed by atoms with Crippen LogP contribution in [0.1, 0.15) is 20.8 Å². The van der Waals surface area contributed by atoms with Crippen LogP contribution in [0.3, 0.4) is 0 Å². The summed E-state index contributed by atoms with van der Waals surface area (Å²) in [6, 6.07) is 18.2. The molecule has 7 nitrogen and oxygen atoms in total. The van der Waals surface area contributed by atoms with Gasteiger partial charge in [0.2, 0.25) is 5.88 Å². The lowest BCUT2D eigenvalue weighted by atomic mass is 10.1. The van der Waals surface area contributed by atoms with Gasteiger partial charge < -0.3 is 19.5 Å². The van der Waals surface area contributed by atoms with Crippen molar-refractivity contribution in [1.29, 1.82) is 0 Å². The molecule has 7 heteroatoms. The third kappa shape index (κ3) is 5.70. The first-order valence-electron chi connectivity index (χ1n) is 9.86. The van der Waals surface area contributed by atoms with Gasteiger partial charge in [-0.15, -0.1) is 10.2 Å². The van der Waals surface area contributed by atoms with Crippen molar-refractivity contribution in [3.8, 4) is 28.6 Å². The van der Waals surface area contributed by atoms with Crippen LogP contribution < -0.4 is 19.5 Å². The van der Waals surface area contributed by atoms with E-state index in [0.29, 0.717) is 36.3 Å². The zero-order chi connectivity index (χ0) is 21.3. The molecule has 1 N–H and O–H groups in total. The molecule has 0 saturated carbocycles. The van der Waals surface area contributed by atoms with Gasteiger partial charge in [-0.05, 0) is 51.1 Å². The van der Waals surface area contributed by atoms with Gasteiger partial charge in [-0.1, -0.05) is 18.2 Å². The number of amides is 1.